The second-order valence-electron chi connectivity index (χ2n) is 5.98. The summed E-state index contributed by atoms with van der Waals surface area (Å²) in [4.78, 5) is 22.6. The van der Waals surface area contributed by atoms with Gasteiger partial charge in [-0.3, -0.25) is 20.0 Å². The van der Waals surface area contributed by atoms with Crippen LogP contribution in [0.15, 0.2) is 59.7 Å². The second kappa shape index (κ2) is 7.61. The molecule has 0 saturated heterocycles. The molecule has 1 aromatic heterocycles. The number of amides is 1. The van der Waals surface area contributed by atoms with Crippen molar-refractivity contribution in [1.82, 2.24) is 15.6 Å². The molecule has 0 atom stereocenters. The molecular weight excluding hydrogens is 346 g/mol. The molecule has 0 radical (unpaired) electrons. The third-order valence-corrected chi connectivity index (χ3v) is 3.97. The molecule has 0 bridgehead atoms. The number of nitro benzene ring substituents is 1. The molecule has 1 heterocycles. The molecule has 0 aliphatic heterocycles. The van der Waals surface area contributed by atoms with Crippen molar-refractivity contribution in [2.45, 2.75) is 13.8 Å². The second-order valence-corrected chi connectivity index (χ2v) is 5.98. The number of carbonyl (C=O) groups is 1. The van der Waals surface area contributed by atoms with E-state index in [1.165, 1.54) is 12.1 Å². The zero-order valence-corrected chi connectivity index (χ0v) is 14.8. The number of nitrogens with one attached hydrogen (secondary N) is 2. The third kappa shape index (κ3) is 4.24. The molecule has 27 heavy (non-hydrogen) atoms. The fourth-order valence-electron chi connectivity index (χ4n) is 2.41. The van der Waals surface area contributed by atoms with Crippen LogP contribution in [0.1, 0.15) is 28.5 Å². The SMILES string of the molecule is CC(=NNC(=O)c1cc(-c2ccc(C)cc2)n[nH]1)c1cccc([N+](=O)[O-])c1. The van der Waals surface area contributed by atoms with Crippen LogP contribution in [-0.2, 0) is 0 Å². The van der Waals surface area contributed by atoms with Gasteiger partial charge in [0.1, 0.15) is 5.69 Å². The standard InChI is InChI=1S/C19H17N5O3/c1-12-6-8-14(9-7-12)17-11-18(22-21-17)19(25)23-20-13(2)15-4-3-5-16(10-15)24(26)27/h3-11H,1-2H3,(H,21,22)(H,23,25). The Labute approximate surface area is 155 Å². The molecule has 1 amide bonds. The Morgan fingerprint density at radius 1 is 1.19 bits per heavy atom. The van der Waals surface area contributed by atoms with Gasteiger partial charge in [0.05, 0.1) is 16.3 Å². The minimum Gasteiger partial charge on any atom is -0.272 e. The number of hydrazone groups is 1. The number of nitrogens with zero attached hydrogens (tertiary/aromatic N) is 3. The van der Waals surface area contributed by atoms with Crippen molar-refractivity contribution in [3.05, 3.63) is 81.5 Å². The summed E-state index contributed by atoms with van der Waals surface area (Å²) in [5.41, 5.74) is 6.34. The molecule has 0 saturated carbocycles. The highest BCUT2D eigenvalue weighted by Gasteiger charge is 2.12. The molecule has 136 valence electrons. The molecule has 0 spiro atoms. The lowest BCUT2D eigenvalue weighted by atomic mass is 10.1. The van der Waals surface area contributed by atoms with Crippen LogP contribution in [-0.4, -0.2) is 26.7 Å². The number of rotatable bonds is 5. The van der Waals surface area contributed by atoms with Crippen LogP contribution in [0.4, 0.5) is 5.69 Å². The number of benzene rings is 2. The molecule has 2 aromatic carbocycles. The third-order valence-electron chi connectivity index (χ3n) is 3.97. The highest BCUT2D eigenvalue weighted by atomic mass is 16.6. The highest BCUT2D eigenvalue weighted by Crippen LogP contribution is 2.18. The Bertz CT molecular complexity index is 1020. The van der Waals surface area contributed by atoms with Gasteiger partial charge in [0.15, 0.2) is 0 Å². The van der Waals surface area contributed by atoms with Crippen molar-refractivity contribution in [3.63, 3.8) is 0 Å². The molecule has 3 rings (SSSR count). The summed E-state index contributed by atoms with van der Waals surface area (Å²) in [5, 5.41) is 21.7. The number of aryl methyl sites for hydroxylation is 1. The maximum absolute atomic E-state index is 12.3. The van der Waals surface area contributed by atoms with Crippen LogP contribution in [0.2, 0.25) is 0 Å². The first-order chi connectivity index (χ1) is 12.9. The number of aromatic amines is 1. The summed E-state index contributed by atoms with van der Waals surface area (Å²) in [6.07, 6.45) is 0. The summed E-state index contributed by atoms with van der Waals surface area (Å²) >= 11 is 0. The van der Waals surface area contributed by atoms with Crippen LogP contribution in [0.25, 0.3) is 11.3 Å². The maximum Gasteiger partial charge on any atom is 0.289 e. The van der Waals surface area contributed by atoms with E-state index < -0.39 is 10.8 Å². The van der Waals surface area contributed by atoms with E-state index in [-0.39, 0.29) is 11.4 Å². The monoisotopic (exact) mass is 363 g/mol. The van der Waals surface area contributed by atoms with Crippen molar-refractivity contribution in [1.29, 1.82) is 0 Å². The highest BCUT2D eigenvalue weighted by molar-refractivity contribution is 6.01. The van der Waals surface area contributed by atoms with Crippen LogP contribution in [0.5, 0.6) is 0 Å². The number of aromatic nitrogens is 2. The van der Waals surface area contributed by atoms with Gasteiger partial charge in [-0.05, 0) is 19.9 Å². The minimum absolute atomic E-state index is 0.0373. The van der Waals surface area contributed by atoms with Crippen LogP contribution in [0, 0.1) is 17.0 Å². The van der Waals surface area contributed by atoms with Crippen LogP contribution >= 0.6 is 0 Å². The number of non-ortho nitro benzene ring substituents is 1. The Hall–Kier alpha value is -3.81. The molecule has 3 aromatic rings. The van der Waals surface area contributed by atoms with Gasteiger partial charge in [-0.15, -0.1) is 0 Å². The Morgan fingerprint density at radius 3 is 2.63 bits per heavy atom. The van der Waals surface area contributed by atoms with E-state index in [9.17, 15) is 14.9 Å². The Kier molecular flexibility index (Phi) is 5.07. The fraction of sp³-hybridized carbons (Fsp3) is 0.105. The number of carbonyl (C=O) groups excluding carboxylic acids is 1. The molecule has 8 nitrogen and oxygen atoms in total. The first kappa shape index (κ1) is 18.0. The lowest BCUT2D eigenvalue weighted by Crippen LogP contribution is -2.19. The number of hydrogen-bond donors (Lipinski definition) is 2. The van der Waals surface area contributed by atoms with E-state index in [1.54, 1.807) is 25.1 Å². The van der Waals surface area contributed by atoms with E-state index in [4.69, 9.17) is 0 Å². The van der Waals surface area contributed by atoms with Gasteiger partial charge in [0, 0.05) is 23.3 Å². The van der Waals surface area contributed by atoms with Crippen LogP contribution in [0.3, 0.4) is 0 Å². The smallest absolute Gasteiger partial charge is 0.272 e. The lowest BCUT2D eigenvalue weighted by molar-refractivity contribution is -0.384. The van der Waals surface area contributed by atoms with Gasteiger partial charge >= 0.3 is 0 Å². The average Bonchev–Trinajstić information content (AvgIpc) is 3.16. The van der Waals surface area contributed by atoms with Crippen molar-refractivity contribution < 1.29 is 9.72 Å². The van der Waals surface area contributed by atoms with Crippen molar-refractivity contribution in [3.8, 4) is 11.3 Å². The number of H-pyrrole nitrogens is 1. The first-order valence-electron chi connectivity index (χ1n) is 8.16. The van der Waals surface area contributed by atoms with Gasteiger partial charge in [0.25, 0.3) is 11.6 Å². The van der Waals surface area contributed by atoms with Gasteiger partial charge in [-0.1, -0.05) is 42.0 Å². The number of nitro groups is 1. The summed E-state index contributed by atoms with van der Waals surface area (Å²) in [6.45, 7) is 3.65. The summed E-state index contributed by atoms with van der Waals surface area (Å²) in [5.74, 6) is -0.453. The van der Waals surface area contributed by atoms with Crippen molar-refractivity contribution >= 4 is 17.3 Å². The Morgan fingerprint density at radius 2 is 1.93 bits per heavy atom. The summed E-state index contributed by atoms with van der Waals surface area (Å²) < 4.78 is 0. The Balaban J connectivity index is 1.72. The van der Waals surface area contributed by atoms with E-state index in [1.807, 2.05) is 31.2 Å². The van der Waals surface area contributed by atoms with E-state index in [0.717, 1.165) is 11.1 Å². The fourth-order valence-corrected chi connectivity index (χ4v) is 2.41. The van der Waals surface area contributed by atoms with E-state index >= 15 is 0 Å². The van der Waals surface area contributed by atoms with Gasteiger partial charge < -0.3 is 0 Å². The summed E-state index contributed by atoms with van der Waals surface area (Å²) in [7, 11) is 0. The topological polar surface area (TPSA) is 113 Å². The zero-order valence-electron chi connectivity index (χ0n) is 14.8. The maximum atomic E-state index is 12.3. The van der Waals surface area contributed by atoms with Crippen molar-refractivity contribution in [2.24, 2.45) is 5.10 Å². The molecule has 8 heteroatoms. The van der Waals surface area contributed by atoms with E-state index in [0.29, 0.717) is 17.0 Å². The predicted molar refractivity (Wildman–Crippen MR) is 102 cm³/mol. The van der Waals surface area contributed by atoms with Crippen molar-refractivity contribution in [2.75, 3.05) is 0 Å². The summed E-state index contributed by atoms with van der Waals surface area (Å²) in [6, 6.07) is 15.5. The zero-order chi connectivity index (χ0) is 19.4. The first-order valence-corrected chi connectivity index (χ1v) is 8.16. The molecule has 0 unspecified atom stereocenters. The van der Waals surface area contributed by atoms with Gasteiger partial charge in [0.2, 0.25) is 0 Å². The molecule has 0 aliphatic carbocycles. The normalized spacial score (nSPS) is 11.3. The number of hydrogen-bond acceptors (Lipinski definition) is 5. The minimum atomic E-state index is -0.480. The molecular formula is C19H17N5O3. The molecule has 0 fully saturated rings. The average molecular weight is 363 g/mol. The predicted octanol–water partition coefficient (Wildman–Crippen LogP) is 3.45. The lowest BCUT2D eigenvalue weighted by Gasteiger charge is -2.02. The molecule has 2 N–H and O–H groups in total. The van der Waals surface area contributed by atoms with E-state index in [2.05, 4.69) is 20.7 Å². The van der Waals surface area contributed by atoms with Crippen LogP contribution < -0.4 is 5.43 Å². The van der Waals surface area contributed by atoms with Gasteiger partial charge in [-0.2, -0.15) is 10.2 Å². The van der Waals surface area contributed by atoms with Gasteiger partial charge in [-0.25, -0.2) is 5.43 Å². The largest absolute Gasteiger partial charge is 0.289 e. The molecule has 0 aliphatic rings. The quantitative estimate of drug-likeness (QED) is 0.410.